The van der Waals surface area contributed by atoms with Crippen LogP contribution >= 0.6 is 0 Å². The van der Waals surface area contributed by atoms with E-state index in [4.69, 9.17) is 0 Å². The van der Waals surface area contributed by atoms with E-state index in [9.17, 15) is 22.8 Å². The van der Waals surface area contributed by atoms with Crippen LogP contribution in [0.3, 0.4) is 0 Å². The first kappa shape index (κ1) is 21.0. The molecule has 11 heteroatoms. The van der Waals surface area contributed by atoms with E-state index < -0.39 is 33.8 Å². The number of sulfonamides is 1. The van der Waals surface area contributed by atoms with Gasteiger partial charge in [-0.15, -0.1) is 0 Å². The maximum absolute atomic E-state index is 12.6. The van der Waals surface area contributed by atoms with Crippen molar-refractivity contribution < 1.29 is 22.8 Å². The Hall–Kier alpha value is -3.73. The van der Waals surface area contributed by atoms with Gasteiger partial charge >= 0.3 is 0 Å². The lowest BCUT2D eigenvalue weighted by Gasteiger charge is -2.10. The third-order valence-corrected chi connectivity index (χ3v) is 5.47. The Balaban J connectivity index is 1.74. The second-order valence-corrected chi connectivity index (χ2v) is 8.02. The van der Waals surface area contributed by atoms with Gasteiger partial charge in [0.1, 0.15) is 0 Å². The van der Waals surface area contributed by atoms with E-state index in [1.807, 2.05) is 4.72 Å². The molecule has 0 saturated heterocycles. The first-order valence-corrected chi connectivity index (χ1v) is 10.2. The van der Waals surface area contributed by atoms with Gasteiger partial charge in [-0.05, 0) is 43.3 Å². The molecule has 3 rings (SSSR count). The van der Waals surface area contributed by atoms with Gasteiger partial charge in [-0.25, -0.2) is 13.1 Å². The molecule has 0 fully saturated rings. The highest BCUT2D eigenvalue weighted by atomic mass is 32.2. The Morgan fingerprint density at radius 3 is 2.30 bits per heavy atom. The quantitative estimate of drug-likeness (QED) is 0.575. The van der Waals surface area contributed by atoms with Crippen LogP contribution in [0.15, 0.2) is 74.8 Å². The molecule has 10 nitrogen and oxygen atoms in total. The average molecular weight is 427 g/mol. The summed E-state index contributed by atoms with van der Waals surface area (Å²) in [5.74, 6) is -1.90. The van der Waals surface area contributed by atoms with Crippen molar-refractivity contribution in [3.63, 3.8) is 0 Å². The van der Waals surface area contributed by atoms with Gasteiger partial charge in [0.15, 0.2) is 6.04 Å². The van der Waals surface area contributed by atoms with Crippen LogP contribution in [0.25, 0.3) is 0 Å². The molecule has 1 heterocycles. The fraction of sp³-hybridized carbons (Fsp3) is 0.158. The lowest BCUT2D eigenvalue weighted by molar-refractivity contribution is -0.127. The van der Waals surface area contributed by atoms with Crippen LogP contribution in [0.5, 0.6) is 0 Å². The summed E-state index contributed by atoms with van der Waals surface area (Å²) >= 11 is 0. The number of carbonyl (C=O) groups is 3. The summed E-state index contributed by atoms with van der Waals surface area (Å²) in [5.41, 5.74) is 0.902. The second kappa shape index (κ2) is 8.33. The topological polar surface area (TPSA) is 138 Å². The molecule has 0 aromatic heterocycles. The predicted molar refractivity (Wildman–Crippen MR) is 106 cm³/mol. The Morgan fingerprint density at radius 1 is 1.07 bits per heavy atom. The molecule has 1 aliphatic heterocycles. The Labute approximate surface area is 172 Å². The number of rotatable bonds is 5. The molecule has 154 valence electrons. The van der Waals surface area contributed by atoms with E-state index in [1.54, 1.807) is 37.3 Å². The van der Waals surface area contributed by atoms with Crippen LogP contribution in [0.1, 0.15) is 24.2 Å². The van der Waals surface area contributed by atoms with Gasteiger partial charge in [-0.3, -0.25) is 14.4 Å². The van der Waals surface area contributed by atoms with Gasteiger partial charge in [0.05, 0.1) is 16.3 Å². The van der Waals surface area contributed by atoms with Crippen LogP contribution in [0, 0.1) is 0 Å². The Bertz CT molecular complexity index is 1160. The normalized spacial score (nSPS) is 16.6. The lowest BCUT2D eigenvalue weighted by atomic mass is 10.2. The van der Waals surface area contributed by atoms with Crippen molar-refractivity contribution in [3.8, 4) is 0 Å². The fourth-order valence-corrected chi connectivity index (χ4v) is 3.59. The molecule has 1 unspecified atom stereocenters. The van der Waals surface area contributed by atoms with Crippen LogP contribution in [0.4, 0.5) is 5.69 Å². The zero-order chi connectivity index (χ0) is 21.9. The monoisotopic (exact) mass is 427 g/mol. The van der Waals surface area contributed by atoms with Crippen molar-refractivity contribution >= 4 is 39.1 Å². The van der Waals surface area contributed by atoms with E-state index in [1.165, 1.54) is 24.3 Å². The van der Waals surface area contributed by atoms with E-state index in [0.717, 1.165) is 11.9 Å². The largest absolute Gasteiger partial charge is 0.282 e. The summed E-state index contributed by atoms with van der Waals surface area (Å²) < 4.78 is 25.7. The molecule has 0 radical (unpaired) electrons. The third kappa shape index (κ3) is 4.46. The molecule has 30 heavy (non-hydrogen) atoms. The highest BCUT2D eigenvalue weighted by Gasteiger charge is 2.38. The smallest absolute Gasteiger partial charge is 0.274 e. The van der Waals surface area contributed by atoms with Crippen molar-refractivity contribution in [1.82, 2.24) is 9.73 Å². The predicted octanol–water partition coefficient (Wildman–Crippen LogP) is 2.02. The minimum Gasteiger partial charge on any atom is -0.274 e. The molecule has 2 aromatic carbocycles. The number of nitrogens with one attached hydrogen (secondary N) is 1. The zero-order valence-corrected chi connectivity index (χ0v) is 16.8. The first-order chi connectivity index (χ1) is 14.2. The molecule has 3 amide bonds. The van der Waals surface area contributed by atoms with Gasteiger partial charge in [-0.2, -0.15) is 20.3 Å². The van der Waals surface area contributed by atoms with E-state index in [-0.39, 0.29) is 10.6 Å². The number of amides is 3. The number of hydrogen-bond acceptors (Lipinski definition) is 8. The lowest BCUT2D eigenvalue weighted by Crippen LogP contribution is -2.34. The van der Waals surface area contributed by atoms with E-state index in [0.29, 0.717) is 11.3 Å². The number of benzene rings is 2. The van der Waals surface area contributed by atoms with Crippen molar-refractivity contribution in [2.24, 2.45) is 15.3 Å². The highest BCUT2D eigenvalue weighted by Crippen LogP contribution is 2.21. The fourth-order valence-electron chi connectivity index (χ4n) is 2.60. The summed E-state index contributed by atoms with van der Waals surface area (Å²) in [6, 6.07) is 12.5. The van der Waals surface area contributed by atoms with Crippen LogP contribution < -0.4 is 4.72 Å². The minimum absolute atomic E-state index is 0.119. The summed E-state index contributed by atoms with van der Waals surface area (Å²) in [7, 11) is -3.96. The molecule has 0 spiro atoms. The van der Waals surface area contributed by atoms with Gasteiger partial charge in [0.2, 0.25) is 5.91 Å². The average Bonchev–Trinajstić information content (AvgIpc) is 2.99. The van der Waals surface area contributed by atoms with Gasteiger partial charge in [0.25, 0.3) is 21.8 Å². The Kier molecular flexibility index (Phi) is 5.83. The minimum atomic E-state index is -3.96. The SMILES string of the molecule is CC(=O)NS(=O)(=O)c1ccc(N=NC2C(=O)N(C(=O)c3ccccc3)N=C2C)cc1. The van der Waals surface area contributed by atoms with E-state index in [2.05, 4.69) is 15.3 Å². The summed E-state index contributed by atoms with van der Waals surface area (Å²) in [5, 5.41) is 12.6. The van der Waals surface area contributed by atoms with Crippen LogP contribution in [-0.4, -0.2) is 42.9 Å². The van der Waals surface area contributed by atoms with E-state index >= 15 is 0 Å². The van der Waals surface area contributed by atoms with Gasteiger partial charge in [-0.1, -0.05) is 18.2 Å². The van der Waals surface area contributed by atoms with Gasteiger partial charge < -0.3 is 0 Å². The maximum atomic E-state index is 12.6. The summed E-state index contributed by atoms with van der Waals surface area (Å²) in [6.45, 7) is 2.65. The molecule has 1 atom stereocenters. The van der Waals surface area contributed by atoms with Crippen LogP contribution in [0.2, 0.25) is 0 Å². The molecule has 1 N–H and O–H groups in total. The second-order valence-electron chi connectivity index (χ2n) is 6.34. The summed E-state index contributed by atoms with van der Waals surface area (Å²) in [6.07, 6.45) is 0. The van der Waals surface area contributed by atoms with Crippen molar-refractivity contribution in [2.45, 2.75) is 24.8 Å². The highest BCUT2D eigenvalue weighted by molar-refractivity contribution is 7.90. The molecule has 0 bridgehead atoms. The van der Waals surface area contributed by atoms with Gasteiger partial charge in [0, 0.05) is 12.5 Å². The zero-order valence-electron chi connectivity index (χ0n) is 16.0. The molecule has 1 aliphatic rings. The Morgan fingerprint density at radius 2 is 1.70 bits per heavy atom. The molecular weight excluding hydrogens is 410 g/mol. The number of azo groups is 1. The van der Waals surface area contributed by atoms with Crippen molar-refractivity contribution in [2.75, 3.05) is 0 Å². The number of hydrazone groups is 1. The molecule has 0 saturated carbocycles. The number of nitrogens with zero attached hydrogens (tertiary/aromatic N) is 4. The third-order valence-electron chi connectivity index (χ3n) is 4.02. The standard InChI is InChI=1S/C19H17N5O5S/c1-12-17(19(27)24(22-12)18(26)14-6-4-3-5-7-14)21-20-15-8-10-16(11-9-15)30(28,29)23-13(2)25/h3-11,17H,1-2H3,(H,23,25). The van der Waals surface area contributed by atoms with Crippen LogP contribution in [-0.2, 0) is 19.6 Å². The molecule has 0 aliphatic carbocycles. The maximum Gasteiger partial charge on any atom is 0.282 e. The molecule has 2 aromatic rings. The number of carbonyl (C=O) groups excluding carboxylic acids is 3. The summed E-state index contributed by atoms with van der Waals surface area (Å²) in [4.78, 5) is 35.9. The van der Waals surface area contributed by atoms with Crippen molar-refractivity contribution in [1.29, 1.82) is 0 Å². The first-order valence-electron chi connectivity index (χ1n) is 8.72. The van der Waals surface area contributed by atoms with Crippen molar-refractivity contribution in [3.05, 3.63) is 60.2 Å². The number of imide groups is 1. The number of hydrogen-bond donors (Lipinski definition) is 1. The molecular formula is C19H17N5O5S.